The summed E-state index contributed by atoms with van der Waals surface area (Å²) in [6.07, 6.45) is -0.604. The number of alkyl halides is 3. The molecule has 2 saturated heterocycles. The number of carboxylic acids is 1. The first-order valence-corrected chi connectivity index (χ1v) is 10.1. The molecule has 1 saturated carbocycles. The number of carbonyl (C=O) groups is 1. The van der Waals surface area contributed by atoms with Crippen LogP contribution in [0.3, 0.4) is 0 Å². The number of aliphatic carboxylic acids is 1. The van der Waals surface area contributed by atoms with Crippen LogP contribution in [0.5, 0.6) is 0 Å². The summed E-state index contributed by atoms with van der Waals surface area (Å²) in [4.78, 5) is 11.3. The molecule has 0 amide bonds. The molecule has 3 aliphatic rings. The number of hydrogen-bond acceptors (Lipinski definition) is 7. The summed E-state index contributed by atoms with van der Waals surface area (Å²) >= 11 is 3.81. The number of ether oxygens (including phenoxy) is 1. The first-order chi connectivity index (χ1) is 12.2. The number of aryl methyl sites for hydroxylation is 1. The van der Waals surface area contributed by atoms with E-state index in [1.807, 2.05) is 6.92 Å². The van der Waals surface area contributed by atoms with Crippen LogP contribution in [0.15, 0.2) is 0 Å². The Morgan fingerprint density at radius 1 is 1.38 bits per heavy atom. The highest BCUT2D eigenvalue weighted by molar-refractivity contribution is 8.01. The Balaban J connectivity index is 0.000000242. The van der Waals surface area contributed by atoms with E-state index in [0.29, 0.717) is 10.9 Å². The monoisotopic (exact) mass is 411 g/mol. The maximum Gasteiger partial charge on any atom is 0.490 e. The lowest BCUT2D eigenvalue weighted by Gasteiger charge is -2.47. The Kier molecular flexibility index (Phi) is 5.69. The van der Waals surface area contributed by atoms with Gasteiger partial charge >= 0.3 is 12.1 Å². The van der Waals surface area contributed by atoms with Crippen molar-refractivity contribution >= 4 is 34.2 Å². The van der Waals surface area contributed by atoms with Crippen molar-refractivity contribution in [3.8, 4) is 0 Å². The highest BCUT2D eigenvalue weighted by Gasteiger charge is 2.50. The predicted molar refractivity (Wildman–Crippen MR) is 92.8 cm³/mol. The summed E-state index contributed by atoms with van der Waals surface area (Å²) in [5.74, 6) is -0.702. The minimum Gasteiger partial charge on any atom is -0.475 e. The van der Waals surface area contributed by atoms with Crippen LogP contribution in [0.1, 0.15) is 24.3 Å². The van der Waals surface area contributed by atoms with Crippen LogP contribution >= 0.6 is 23.1 Å². The molecule has 1 atom stereocenters. The Labute approximate surface area is 157 Å². The van der Waals surface area contributed by atoms with Crippen molar-refractivity contribution < 1.29 is 27.8 Å². The molecule has 0 radical (unpaired) electrons. The molecule has 146 valence electrons. The van der Waals surface area contributed by atoms with Crippen molar-refractivity contribution in [3.63, 3.8) is 0 Å². The van der Waals surface area contributed by atoms with Crippen LogP contribution in [-0.2, 0) is 9.53 Å². The smallest absolute Gasteiger partial charge is 0.475 e. The molecular weight excluding hydrogens is 391 g/mol. The molecule has 1 N–H and O–H groups in total. The summed E-state index contributed by atoms with van der Waals surface area (Å²) in [5, 5.41) is 17.6. The second-order valence-electron chi connectivity index (χ2n) is 6.86. The van der Waals surface area contributed by atoms with Crippen molar-refractivity contribution in [1.29, 1.82) is 0 Å². The van der Waals surface area contributed by atoms with Gasteiger partial charge in [-0.1, -0.05) is 11.3 Å². The van der Waals surface area contributed by atoms with Gasteiger partial charge in [-0.15, -0.1) is 22.0 Å². The number of carboxylic acid groups (broad SMARTS) is 1. The lowest BCUT2D eigenvalue weighted by atomic mass is 9.93. The van der Waals surface area contributed by atoms with Crippen molar-refractivity contribution in [1.82, 2.24) is 10.2 Å². The van der Waals surface area contributed by atoms with E-state index >= 15 is 0 Å². The fourth-order valence-electron chi connectivity index (χ4n) is 2.89. The van der Waals surface area contributed by atoms with Crippen molar-refractivity contribution in [2.45, 2.75) is 43.2 Å². The zero-order valence-electron chi connectivity index (χ0n) is 14.2. The number of hydrogen-bond donors (Lipinski definition) is 1. The van der Waals surface area contributed by atoms with E-state index in [2.05, 4.69) is 26.9 Å². The molecule has 3 heterocycles. The van der Waals surface area contributed by atoms with Gasteiger partial charge in [-0.2, -0.15) is 13.2 Å². The first kappa shape index (κ1) is 19.7. The zero-order chi connectivity index (χ0) is 18.9. The maximum atomic E-state index is 10.6. The lowest BCUT2D eigenvalue weighted by Crippen LogP contribution is -2.59. The topological polar surface area (TPSA) is 75.5 Å². The average Bonchev–Trinajstić information content (AvgIpc) is 3.09. The summed E-state index contributed by atoms with van der Waals surface area (Å²) in [7, 11) is 0. The Morgan fingerprint density at radius 2 is 2.04 bits per heavy atom. The van der Waals surface area contributed by atoms with Crippen molar-refractivity contribution in [2.24, 2.45) is 5.92 Å². The molecular formula is C15H20F3N3O3S2. The number of thioether (sulfide) groups is 1. The van der Waals surface area contributed by atoms with Crippen molar-refractivity contribution in [2.75, 3.05) is 30.3 Å². The van der Waals surface area contributed by atoms with Crippen LogP contribution in [0.25, 0.3) is 0 Å². The standard InChI is InChI=1S/C13H19N3OS2.C2HF3O2/c1-9-14-15-12(19-9)16-7-13(8-16)4-11(6-18-13)17-5-10-2-3-10;3-2(4,5)1(6)7/h10-11H,2-8H2,1H3;(H,6,7). The van der Waals surface area contributed by atoms with E-state index in [4.69, 9.17) is 14.6 Å². The van der Waals surface area contributed by atoms with Gasteiger partial charge in [0.1, 0.15) is 5.01 Å². The van der Waals surface area contributed by atoms with Gasteiger partial charge in [0, 0.05) is 25.4 Å². The summed E-state index contributed by atoms with van der Waals surface area (Å²) in [6, 6.07) is 0. The van der Waals surface area contributed by atoms with Gasteiger partial charge in [0.2, 0.25) is 5.13 Å². The van der Waals surface area contributed by atoms with E-state index in [9.17, 15) is 13.2 Å². The van der Waals surface area contributed by atoms with Gasteiger partial charge in [0.15, 0.2) is 0 Å². The van der Waals surface area contributed by atoms with Gasteiger partial charge in [0.25, 0.3) is 0 Å². The van der Waals surface area contributed by atoms with Crippen molar-refractivity contribution in [3.05, 3.63) is 5.01 Å². The minimum absolute atomic E-state index is 0.438. The van der Waals surface area contributed by atoms with E-state index in [1.165, 1.54) is 25.0 Å². The Bertz CT molecular complexity index is 646. The zero-order valence-corrected chi connectivity index (χ0v) is 15.8. The average molecular weight is 411 g/mol. The third-order valence-electron chi connectivity index (χ3n) is 4.43. The predicted octanol–water partition coefficient (Wildman–Crippen LogP) is 2.97. The SMILES string of the molecule is Cc1nnc(N2CC3(CC(OCC4CC4)CS3)C2)s1.O=C(O)C(F)(F)F. The van der Waals surface area contributed by atoms with Crippen LogP contribution < -0.4 is 4.90 Å². The van der Waals surface area contributed by atoms with E-state index in [0.717, 1.165) is 35.8 Å². The molecule has 26 heavy (non-hydrogen) atoms. The molecule has 1 aliphatic carbocycles. The molecule has 1 aromatic rings. The fraction of sp³-hybridized carbons (Fsp3) is 0.800. The number of anilines is 1. The maximum absolute atomic E-state index is 10.6. The van der Waals surface area contributed by atoms with Crippen LogP contribution in [0.4, 0.5) is 18.3 Å². The fourth-order valence-corrected chi connectivity index (χ4v) is 5.12. The van der Waals surface area contributed by atoms with Crippen LogP contribution in [0.2, 0.25) is 0 Å². The van der Waals surface area contributed by atoms with Gasteiger partial charge in [-0.05, 0) is 32.1 Å². The van der Waals surface area contributed by atoms with Gasteiger partial charge in [0.05, 0.1) is 10.9 Å². The molecule has 0 bridgehead atoms. The molecule has 4 rings (SSSR count). The van der Waals surface area contributed by atoms with Crippen LogP contribution in [-0.4, -0.2) is 63.7 Å². The lowest BCUT2D eigenvalue weighted by molar-refractivity contribution is -0.192. The largest absolute Gasteiger partial charge is 0.490 e. The molecule has 1 aromatic heterocycles. The highest BCUT2D eigenvalue weighted by Crippen LogP contribution is 2.48. The molecule has 0 aromatic carbocycles. The molecule has 3 fully saturated rings. The third kappa shape index (κ3) is 5.01. The molecule has 6 nitrogen and oxygen atoms in total. The number of rotatable bonds is 4. The number of halogens is 3. The highest BCUT2D eigenvalue weighted by atomic mass is 32.2. The number of aromatic nitrogens is 2. The van der Waals surface area contributed by atoms with Gasteiger partial charge < -0.3 is 14.7 Å². The quantitative estimate of drug-likeness (QED) is 0.816. The van der Waals surface area contributed by atoms with Gasteiger partial charge in [-0.3, -0.25) is 0 Å². The van der Waals surface area contributed by atoms with E-state index in [1.54, 1.807) is 11.3 Å². The molecule has 1 unspecified atom stereocenters. The number of nitrogens with zero attached hydrogens (tertiary/aromatic N) is 3. The first-order valence-electron chi connectivity index (χ1n) is 8.28. The summed E-state index contributed by atoms with van der Waals surface area (Å²) < 4.78 is 38.2. The van der Waals surface area contributed by atoms with Gasteiger partial charge in [-0.25, -0.2) is 4.79 Å². The summed E-state index contributed by atoms with van der Waals surface area (Å²) in [5.41, 5.74) is 0. The Morgan fingerprint density at radius 3 is 2.54 bits per heavy atom. The summed E-state index contributed by atoms with van der Waals surface area (Å²) in [6.45, 7) is 5.26. The normalized spacial score (nSPS) is 24.2. The molecule has 2 aliphatic heterocycles. The second-order valence-corrected chi connectivity index (χ2v) is 9.51. The van der Waals surface area contributed by atoms with Crippen LogP contribution in [0, 0.1) is 12.8 Å². The Hall–Kier alpha value is -1.07. The van der Waals surface area contributed by atoms with E-state index in [-0.39, 0.29) is 0 Å². The third-order valence-corrected chi connectivity index (χ3v) is 6.90. The molecule has 1 spiro atoms. The second kappa shape index (κ2) is 7.51. The van der Waals surface area contributed by atoms with E-state index < -0.39 is 12.1 Å². The minimum atomic E-state index is -5.08. The molecule has 11 heteroatoms.